The van der Waals surface area contributed by atoms with Gasteiger partial charge in [0.2, 0.25) is 5.91 Å². The highest BCUT2D eigenvalue weighted by molar-refractivity contribution is 7.17. The average Bonchev–Trinajstić information content (AvgIpc) is 3.19. The maximum atomic E-state index is 13.0. The van der Waals surface area contributed by atoms with E-state index in [1.54, 1.807) is 46.6 Å². The molecule has 152 valence electrons. The number of hydrogen-bond acceptors (Lipinski definition) is 4. The summed E-state index contributed by atoms with van der Waals surface area (Å²) in [7, 11) is 0. The lowest BCUT2D eigenvalue weighted by atomic mass is 10.1. The van der Waals surface area contributed by atoms with Gasteiger partial charge in [0, 0.05) is 39.8 Å². The van der Waals surface area contributed by atoms with Crippen LogP contribution in [-0.4, -0.2) is 15.5 Å². The van der Waals surface area contributed by atoms with Crippen molar-refractivity contribution in [1.29, 1.82) is 0 Å². The maximum absolute atomic E-state index is 13.0. The molecule has 0 aliphatic carbocycles. The fourth-order valence-electron chi connectivity index (χ4n) is 3.78. The molecule has 2 aromatic carbocycles. The highest BCUT2D eigenvalue weighted by atomic mass is 32.1. The molecule has 1 N–H and O–H groups in total. The summed E-state index contributed by atoms with van der Waals surface area (Å²) >= 11 is 1.64. The molecule has 0 aliphatic heterocycles. The van der Waals surface area contributed by atoms with Crippen LogP contribution in [0.4, 0.5) is 5.69 Å². The molecule has 0 saturated heterocycles. The van der Waals surface area contributed by atoms with Crippen LogP contribution in [0.25, 0.3) is 20.9 Å². The van der Waals surface area contributed by atoms with Gasteiger partial charge in [0.25, 0.3) is 5.56 Å². The van der Waals surface area contributed by atoms with Gasteiger partial charge >= 0.3 is 0 Å². The Kier molecular flexibility index (Phi) is 5.06. The summed E-state index contributed by atoms with van der Waals surface area (Å²) in [6.45, 7) is 0.449. The van der Waals surface area contributed by atoms with E-state index in [4.69, 9.17) is 0 Å². The molecular weight excluding hydrogens is 406 g/mol. The van der Waals surface area contributed by atoms with E-state index >= 15 is 0 Å². The number of pyridine rings is 2. The monoisotopic (exact) mass is 425 g/mol. The number of carbonyl (C=O) groups is 1. The van der Waals surface area contributed by atoms with Gasteiger partial charge in [0.05, 0.1) is 13.0 Å². The first-order valence-electron chi connectivity index (χ1n) is 9.95. The lowest BCUT2D eigenvalue weighted by Gasteiger charge is -2.11. The van der Waals surface area contributed by atoms with Crippen molar-refractivity contribution in [1.82, 2.24) is 9.55 Å². The number of nitrogens with zero attached hydrogens (tertiary/aromatic N) is 2. The topological polar surface area (TPSA) is 64.0 Å². The molecular formula is C25H19N3O2S. The third-order valence-corrected chi connectivity index (χ3v) is 6.29. The zero-order valence-electron chi connectivity index (χ0n) is 16.6. The van der Waals surface area contributed by atoms with Crippen molar-refractivity contribution >= 4 is 43.8 Å². The number of anilines is 1. The summed E-state index contributed by atoms with van der Waals surface area (Å²) in [5.41, 5.74) is 2.52. The first kappa shape index (κ1) is 19.2. The highest BCUT2D eigenvalue weighted by Crippen LogP contribution is 2.27. The number of benzene rings is 2. The third-order valence-electron chi connectivity index (χ3n) is 5.28. The largest absolute Gasteiger partial charge is 0.325 e. The summed E-state index contributed by atoms with van der Waals surface area (Å²) in [6, 6.07) is 19.2. The molecule has 0 aliphatic rings. The van der Waals surface area contributed by atoms with E-state index in [1.807, 2.05) is 47.8 Å². The molecule has 0 radical (unpaired) electrons. The minimum Gasteiger partial charge on any atom is -0.325 e. The van der Waals surface area contributed by atoms with Crippen LogP contribution in [-0.2, 0) is 17.8 Å². The highest BCUT2D eigenvalue weighted by Gasteiger charge is 2.12. The summed E-state index contributed by atoms with van der Waals surface area (Å²) in [5.74, 6) is -0.101. The minimum atomic E-state index is -0.101. The van der Waals surface area contributed by atoms with E-state index in [0.717, 1.165) is 21.9 Å². The molecule has 0 atom stereocenters. The number of amides is 1. The van der Waals surface area contributed by atoms with Crippen LogP contribution in [0.15, 0.2) is 89.4 Å². The molecule has 3 aromatic heterocycles. The molecule has 5 rings (SSSR count). The number of nitrogens with one attached hydrogen (secondary N) is 1. The quantitative estimate of drug-likeness (QED) is 0.438. The first-order chi connectivity index (χ1) is 15.2. The van der Waals surface area contributed by atoms with Gasteiger partial charge in [-0.05, 0) is 52.2 Å². The Bertz CT molecular complexity index is 1450. The molecule has 31 heavy (non-hydrogen) atoms. The van der Waals surface area contributed by atoms with Crippen molar-refractivity contribution in [3.8, 4) is 0 Å². The molecule has 3 heterocycles. The summed E-state index contributed by atoms with van der Waals surface area (Å²) in [5, 5.41) is 7.44. The van der Waals surface area contributed by atoms with Crippen LogP contribution in [0.2, 0.25) is 0 Å². The van der Waals surface area contributed by atoms with E-state index in [2.05, 4.69) is 16.4 Å². The maximum Gasteiger partial charge on any atom is 0.258 e. The second kappa shape index (κ2) is 8.16. The number of hydrogen-bond donors (Lipinski definition) is 1. The predicted molar refractivity (Wildman–Crippen MR) is 126 cm³/mol. The van der Waals surface area contributed by atoms with E-state index < -0.39 is 0 Å². The van der Waals surface area contributed by atoms with Crippen LogP contribution in [0.3, 0.4) is 0 Å². The van der Waals surface area contributed by atoms with Crippen LogP contribution in [0, 0.1) is 0 Å². The van der Waals surface area contributed by atoms with Crippen LogP contribution >= 0.6 is 11.3 Å². The van der Waals surface area contributed by atoms with Gasteiger partial charge < -0.3 is 9.88 Å². The Morgan fingerprint density at radius 3 is 2.71 bits per heavy atom. The van der Waals surface area contributed by atoms with Gasteiger partial charge in [-0.15, -0.1) is 11.3 Å². The standard InChI is InChI=1S/C25H19N3O2S/c29-24(13-18-16-31-23-9-2-1-6-19(18)23)27-22-8-3-7-21-20(22)10-12-28(25(21)30)15-17-5-4-11-26-14-17/h1-12,14,16H,13,15H2,(H,27,29). The van der Waals surface area contributed by atoms with Crippen molar-refractivity contribution in [3.63, 3.8) is 0 Å². The van der Waals surface area contributed by atoms with Crippen molar-refractivity contribution in [3.05, 3.63) is 106 Å². The van der Waals surface area contributed by atoms with E-state index in [1.165, 1.54) is 4.70 Å². The smallest absolute Gasteiger partial charge is 0.258 e. The van der Waals surface area contributed by atoms with E-state index in [9.17, 15) is 9.59 Å². The molecule has 5 nitrogen and oxygen atoms in total. The number of carbonyl (C=O) groups excluding carboxylic acids is 1. The van der Waals surface area contributed by atoms with Crippen molar-refractivity contribution in [2.24, 2.45) is 0 Å². The number of thiophene rings is 1. The summed E-state index contributed by atoms with van der Waals surface area (Å²) in [4.78, 5) is 29.9. The zero-order valence-corrected chi connectivity index (χ0v) is 17.4. The Labute approximate surface area is 182 Å². The molecule has 0 bridgehead atoms. The van der Waals surface area contributed by atoms with Crippen LogP contribution in [0.5, 0.6) is 0 Å². The van der Waals surface area contributed by atoms with Crippen molar-refractivity contribution < 1.29 is 4.79 Å². The van der Waals surface area contributed by atoms with Gasteiger partial charge in [-0.2, -0.15) is 0 Å². The van der Waals surface area contributed by atoms with Crippen molar-refractivity contribution in [2.45, 2.75) is 13.0 Å². The van der Waals surface area contributed by atoms with Gasteiger partial charge in [-0.3, -0.25) is 14.6 Å². The van der Waals surface area contributed by atoms with Gasteiger partial charge in [-0.1, -0.05) is 30.3 Å². The zero-order chi connectivity index (χ0) is 21.2. The SMILES string of the molecule is O=C(Cc1csc2ccccc12)Nc1cccc2c(=O)n(Cc3cccnc3)ccc12. The lowest BCUT2D eigenvalue weighted by Crippen LogP contribution is -2.21. The fourth-order valence-corrected chi connectivity index (χ4v) is 4.74. The predicted octanol–water partition coefficient (Wildman–Crippen LogP) is 4.84. The number of rotatable bonds is 5. The Morgan fingerprint density at radius 2 is 1.84 bits per heavy atom. The van der Waals surface area contributed by atoms with Crippen LogP contribution in [0.1, 0.15) is 11.1 Å². The summed E-state index contributed by atoms with van der Waals surface area (Å²) < 4.78 is 2.83. The molecule has 5 aromatic rings. The third kappa shape index (κ3) is 3.85. The first-order valence-corrected chi connectivity index (χ1v) is 10.8. The molecule has 0 unspecified atom stereocenters. The van der Waals surface area contributed by atoms with Crippen molar-refractivity contribution in [2.75, 3.05) is 5.32 Å². The second-order valence-corrected chi connectivity index (χ2v) is 8.27. The fraction of sp³-hybridized carbons (Fsp3) is 0.0800. The van der Waals surface area contributed by atoms with Gasteiger partial charge in [-0.25, -0.2) is 0 Å². The van der Waals surface area contributed by atoms with E-state index in [0.29, 0.717) is 24.0 Å². The second-order valence-electron chi connectivity index (χ2n) is 7.36. The van der Waals surface area contributed by atoms with Crippen LogP contribution < -0.4 is 10.9 Å². The van der Waals surface area contributed by atoms with Gasteiger partial charge in [0.1, 0.15) is 0 Å². The average molecular weight is 426 g/mol. The summed E-state index contributed by atoms with van der Waals surface area (Å²) in [6.07, 6.45) is 5.51. The number of aromatic nitrogens is 2. The molecule has 1 amide bonds. The normalized spacial score (nSPS) is 11.1. The Hall–Kier alpha value is -3.77. The number of fused-ring (bicyclic) bond motifs is 2. The molecule has 0 fully saturated rings. The lowest BCUT2D eigenvalue weighted by molar-refractivity contribution is -0.115. The van der Waals surface area contributed by atoms with E-state index in [-0.39, 0.29) is 11.5 Å². The molecule has 0 spiro atoms. The Morgan fingerprint density at radius 1 is 0.968 bits per heavy atom. The molecule has 6 heteroatoms. The van der Waals surface area contributed by atoms with Gasteiger partial charge in [0.15, 0.2) is 0 Å². The molecule has 0 saturated carbocycles. The Balaban J connectivity index is 1.41. The minimum absolute atomic E-state index is 0.0960.